The SMILES string of the molecule is CC(C)(C#N)CCCCOc1cccc(C(C)(C)C)c1. The summed E-state index contributed by atoms with van der Waals surface area (Å²) in [6.45, 7) is 11.3. The topological polar surface area (TPSA) is 33.0 Å². The maximum atomic E-state index is 8.95. The second-order valence-electron chi connectivity index (χ2n) is 7.08. The van der Waals surface area contributed by atoms with Gasteiger partial charge in [0.2, 0.25) is 0 Å². The van der Waals surface area contributed by atoms with Crippen LogP contribution in [0.3, 0.4) is 0 Å². The van der Waals surface area contributed by atoms with E-state index < -0.39 is 0 Å². The number of nitrogens with zero attached hydrogens (tertiary/aromatic N) is 1. The van der Waals surface area contributed by atoms with Crippen molar-refractivity contribution in [1.82, 2.24) is 0 Å². The van der Waals surface area contributed by atoms with Gasteiger partial charge < -0.3 is 4.74 Å². The van der Waals surface area contributed by atoms with E-state index in [0.717, 1.165) is 31.6 Å². The summed E-state index contributed by atoms with van der Waals surface area (Å²) in [5, 5.41) is 8.95. The lowest BCUT2D eigenvalue weighted by Gasteiger charge is -2.20. The molecule has 1 aromatic rings. The number of rotatable bonds is 6. The molecule has 0 N–H and O–H groups in total. The van der Waals surface area contributed by atoms with Gasteiger partial charge in [-0.2, -0.15) is 5.26 Å². The molecule has 0 spiro atoms. The second-order valence-corrected chi connectivity index (χ2v) is 7.08. The van der Waals surface area contributed by atoms with Crippen molar-refractivity contribution in [3.05, 3.63) is 29.8 Å². The van der Waals surface area contributed by atoms with Gasteiger partial charge in [0.25, 0.3) is 0 Å². The Kier molecular flexibility index (Phi) is 5.62. The predicted octanol–water partition coefficient (Wildman–Crippen LogP) is 5.08. The maximum Gasteiger partial charge on any atom is 0.119 e. The zero-order valence-corrected chi connectivity index (χ0v) is 13.5. The zero-order chi connectivity index (χ0) is 15.2. The van der Waals surface area contributed by atoms with Gasteiger partial charge in [0.1, 0.15) is 5.75 Å². The highest BCUT2D eigenvalue weighted by atomic mass is 16.5. The Labute approximate surface area is 123 Å². The summed E-state index contributed by atoms with van der Waals surface area (Å²) in [6.07, 6.45) is 2.94. The first-order valence-electron chi connectivity index (χ1n) is 7.39. The van der Waals surface area contributed by atoms with Crippen molar-refractivity contribution in [2.45, 2.75) is 59.3 Å². The van der Waals surface area contributed by atoms with Gasteiger partial charge in [0.05, 0.1) is 18.1 Å². The van der Waals surface area contributed by atoms with Gasteiger partial charge in [-0.05, 0) is 56.2 Å². The average Bonchev–Trinajstić information content (AvgIpc) is 2.37. The molecule has 0 aromatic heterocycles. The highest BCUT2D eigenvalue weighted by Gasteiger charge is 2.16. The third-order valence-corrected chi connectivity index (χ3v) is 3.47. The van der Waals surface area contributed by atoms with E-state index in [4.69, 9.17) is 10.00 Å². The van der Waals surface area contributed by atoms with Crippen LogP contribution in [0.5, 0.6) is 5.75 Å². The molecule has 0 fully saturated rings. The number of ether oxygens (including phenoxy) is 1. The van der Waals surface area contributed by atoms with Crippen molar-refractivity contribution in [2.24, 2.45) is 5.41 Å². The molecule has 0 bridgehead atoms. The van der Waals surface area contributed by atoms with E-state index in [-0.39, 0.29) is 10.8 Å². The lowest BCUT2D eigenvalue weighted by Crippen LogP contribution is -2.11. The van der Waals surface area contributed by atoms with E-state index in [0.29, 0.717) is 0 Å². The van der Waals surface area contributed by atoms with Crippen molar-refractivity contribution in [3.63, 3.8) is 0 Å². The van der Waals surface area contributed by atoms with Crippen LogP contribution in [0.25, 0.3) is 0 Å². The van der Waals surface area contributed by atoms with Gasteiger partial charge in [-0.3, -0.25) is 0 Å². The molecule has 0 aliphatic heterocycles. The second kappa shape index (κ2) is 6.79. The molecule has 2 nitrogen and oxygen atoms in total. The van der Waals surface area contributed by atoms with Crippen molar-refractivity contribution in [1.29, 1.82) is 5.26 Å². The van der Waals surface area contributed by atoms with E-state index in [1.54, 1.807) is 0 Å². The van der Waals surface area contributed by atoms with Gasteiger partial charge in [-0.15, -0.1) is 0 Å². The first kappa shape index (κ1) is 16.6. The highest BCUT2D eigenvalue weighted by Crippen LogP contribution is 2.26. The fraction of sp³-hybridized carbons (Fsp3) is 0.611. The molecule has 0 aliphatic carbocycles. The Morgan fingerprint density at radius 1 is 1.10 bits per heavy atom. The standard InChI is InChI=1S/C18H27NO/c1-17(2,3)15-9-8-10-16(13-15)20-12-7-6-11-18(4,5)14-19/h8-10,13H,6-7,11-12H2,1-5H3. The fourth-order valence-corrected chi connectivity index (χ4v) is 1.97. The maximum absolute atomic E-state index is 8.95. The molecule has 0 aliphatic rings. The largest absolute Gasteiger partial charge is 0.494 e. The molecular weight excluding hydrogens is 246 g/mol. The third kappa shape index (κ3) is 5.65. The molecule has 110 valence electrons. The summed E-state index contributed by atoms with van der Waals surface area (Å²) in [6, 6.07) is 10.7. The van der Waals surface area contributed by atoms with Crippen LogP contribution < -0.4 is 4.74 Å². The molecule has 1 aromatic carbocycles. The van der Waals surface area contributed by atoms with Crippen LogP contribution in [-0.2, 0) is 5.41 Å². The van der Waals surface area contributed by atoms with Crippen LogP contribution in [0.15, 0.2) is 24.3 Å². The van der Waals surface area contributed by atoms with Crippen LogP contribution in [0, 0.1) is 16.7 Å². The van der Waals surface area contributed by atoms with E-state index in [1.807, 2.05) is 19.9 Å². The zero-order valence-electron chi connectivity index (χ0n) is 13.5. The summed E-state index contributed by atoms with van der Waals surface area (Å²) in [4.78, 5) is 0. The van der Waals surface area contributed by atoms with Crippen molar-refractivity contribution >= 4 is 0 Å². The Morgan fingerprint density at radius 2 is 1.80 bits per heavy atom. The lowest BCUT2D eigenvalue weighted by molar-refractivity contribution is 0.294. The predicted molar refractivity (Wildman–Crippen MR) is 83.9 cm³/mol. The highest BCUT2D eigenvalue weighted by molar-refractivity contribution is 5.32. The molecule has 0 amide bonds. The molecule has 0 atom stereocenters. The molecule has 2 heteroatoms. The Hall–Kier alpha value is -1.49. The van der Waals surface area contributed by atoms with Gasteiger partial charge in [0.15, 0.2) is 0 Å². The van der Waals surface area contributed by atoms with Gasteiger partial charge in [-0.1, -0.05) is 32.9 Å². The van der Waals surface area contributed by atoms with Crippen LogP contribution in [0.1, 0.15) is 59.4 Å². The quantitative estimate of drug-likeness (QED) is 0.677. The molecule has 0 heterocycles. The van der Waals surface area contributed by atoms with Gasteiger partial charge in [0, 0.05) is 0 Å². The molecule has 1 rings (SSSR count). The van der Waals surface area contributed by atoms with E-state index in [2.05, 4.69) is 45.0 Å². The van der Waals surface area contributed by atoms with E-state index in [9.17, 15) is 0 Å². The minimum Gasteiger partial charge on any atom is -0.494 e. The molecule has 0 radical (unpaired) electrons. The fourth-order valence-electron chi connectivity index (χ4n) is 1.97. The van der Waals surface area contributed by atoms with Crippen LogP contribution >= 0.6 is 0 Å². The lowest BCUT2D eigenvalue weighted by atomic mass is 9.87. The number of hydrogen-bond acceptors (Lipinski definition) is 2. The molecule has 0 unspecified atom stereocenters. The van der Waals surface area contributed by atoms with Crippen molar-refractivity contribution < 1.29 is 4.74 Å². The van der Waals surface area contributed by atoms with Crippen LogP contribution in [0.2, 0.25) is 0 Å². The summed E-state index contributed by atoms with van der Waals surface area (Å²) in [5.74, 6) is 0.942. The van der Waals surface area contributed by atoms with Crippen molar-refractivity contribution in [3.8, 4) is 11.8 Å². The van der Waals surface area contributed by atoms with Crippen molar-refractivity contribution in [2.75, 3.05) is 6.61 Å². The van der Waals surface area contributed by atoms with Gasteiger partial charge in [-0.25, -0.2) is 0 Å². The number of benzene rings is 1. The summed E-state index contributed by atoms with van der Waals surface area (Å²) >= 11 is 0. The molecule has 20 heavy (non-hydrogen) atoms. The summed E-state index contributed by atoms with van der Waals surface area (Å²) < 4.78 is 5.81. The Balaban J connectivity index is 2.38. The summed E-state index contributed by atoms with van der Waals surface area (Å²) in [5.41, 5.74) is 1.23. The van der Waals surface area contributed by atoms with Crippen LogP contribution in [0.4, 0.5) is 0 Å². The number of nitriles is 1. The van der Waals surface area contributed by atoms with E-state index >= 15 is 0 Å². The van der Waals surface area contributed by atoms with Crippen LogP contribution in [-0.4, -0.2) is 6.61 Å². The third-order valence-electron chi connectivity index (χ3n) is 3.47. The van der Waals surface area contributed by atoms with E-state index in [1.165, 1.54) is 5.56 Å². The number of hydrogen-bond donors (Lipinski definition) is 0. The minimum absolute atomic E-state index is 0.149. The smallest absolute Gasteiger partial charge is 0.119 e. The molecule has 0 saturated heterocycles. The number of unbranched alkanes of at least 4 members (excludes halogenated alkanes) is 1. The Bertz CT molecular complexity index is 463. The monoisotopic (exact) mass is 273 g/mol. The molecule has 0 saturated carbocycles. The first-order chi connectivity index (χ1) is 9.24. The average molecular weight is 273 g/mol. The molecular formula is C18H27NO. The Morgan fingerprint density at radius 3 is 2.40 bits per heavy atom. The first-order valence-corrected chi connectivity index (χ1v) is 7.39. The normalized spacial score (nSPS) is 12.0. The summed E-state index contributed by atoms with van der Waals surface area (Å²) in [7, 11) is 0. The minimum atomic E-state index is -0.216. The van der Waals surface area contributed by atoms with Gasteiger partial charge >= 0.3 is 0 Å².